The molecule has 1 atom stereocenters. The Kier molecular flexibility index (Phi) is 6.69. The summed E-state index contributed by atoms with van der Waals surface area (Å²) < 4.78 is 34.0. The van der Waals surface area contributed by atoms with Crippen molar-refractivity contribution in [3.05, 3.63) is 83.6 Å². The van der Waals surface area contributed by atoms with Crippen LogP contribution >= 0.6 is 0 Å². The van der Waals surface area contributed by atoms with Crippen LogP contribution in [0, 0.1) is 5.82 Å². The van der Waals surface area contributed by atoms with Crippen molar-refractivity contribution in [3.8, 4) is 11.5 Å². The minimum absolute atomic E-state index is 0.0354. The lowest BCUT2D eigenvalue weighted by Gasteiger charge is -2.19. The molecule has 1 N–H and O–H groups in total. The van der Waals surface area contributed by atoms with Gasteiger partial charge in [-0.1, -0.05) is 18.2 Å². The van der Waals surface area contributed by atoms with E-state index in [1.165, 1.54) is 44.7 Å². The van der Waals surface area contributed by atoms with Gasteiger partial charge in [0.25, 0.3) is 5.91 Å². The predicted octanol–water partition coefficient (Wildman–Crippen LogP) is 3.65. The number of halogens is 1. The molecule has 0 saturated carbocycles. The van der Waals surface area contributed by atoms with Crippen LogP contribution in [0.2, 0.25) is 0 Å². The molecule has 1 amide bonds. The van der Waals surface area contributed by atoms with Gasteiger partial charge in [-0.15, -0.1) is 0 Å². The van der Waals surface area contributed by atoms with Gasteiger partial charge in [-0.2, -0.15) is 0 Å². The first kappa shape index (κ1) is 20.9. The molecule has 0 bridgehead atoms. The molecule has 0 fully saturated rings. The molecule has 0 saturated heterocycles. The first-order chi connectivity index (χ1) is 14.5. The molecule has 3 aromatic rings. The highest BCUT2D eigenvalue weighted by Crippen LogP contribution is 2.31. The maximum absolute atomic E-state index is 13.1. The number of furan rings is 1. The minimum Gasteiger partial charge on any atom is -0.493 e. The number of carbonyl (C=O) groups is 2. The molecule has 1 heterocycles. The molecule has 0 aliphatic rings. The Morgan fingerprint density at radius 2 is 1.77 bits per heavy atom. The standard InChI is InChI=1S/C22H20FNO6/c1-27-17-10-7-15(12-19(17)28-2)20(30-22(26)18-4-3-11-29-18)21(25)24-13-14-5-8-16(23)9-6-14/h3-12,20H,13H2,1-2H3,(H,24,25). The Morgan fingerprint density at radius 3 is 2.40 bits per heavy atom. The zero-order chi connectivity index (χ0) is 21.5. The van der Waals surface area contributed by atoms with Crippen LogP contribution in [0.15, 0.2) is 65.3 Å². The molecule has 0 aliphatic heterocycles. The van der Waals surface area contributed by atoms with Crippen molar-refractivity contribution in [1.29, 1.82) is 0 Å². The molecule has 8 heteroatoms. The highest BCUT2D eigenvalue weighted by molar-refractivity contribution is 5.90. The minimum atomic E-state index is -1.28. The van der Waals surface area contributed by atoms with E-state index in [0.29, 0.717) is 22.6 Å². The van der Waals surface area contributed by atoms with Crippen molar-refractivity contribution in [1.82, 2.24) is 5.32 Å². The SMILES string of the molecule is COc1ccc(C(OC(=O)c2ccco2)C(=O)NCc2ccc(F)cc2)cc1OC. The monoisotopic (exact) mass is 413 g/mol. The second-order valence-corrected chi connectivity index (χ2v) is 6.22. The number of esters is 1. The lowest BCUT2D eigenvalue weighted by molar-refractivity contribution is -0.130. The lowest BCUT2D eigenvalue weighted by atomic mass is 10.1. The predicted molar refractivity (Wildman–Crippen MR) is 105 cm³/mol. The van der Waals surface area contributed by atoms with Gasteiger partial charge in [-0.3, -0.25) is 4.79 Å². The Bertz CT molecular complexity index is 1000. The fourth-order valence-corrected chi connectivity index (χ4v) is 2.73. The third-order valence-corrected chi connectivity index (χ3v) is 4.28. The summed E-state index contributed by atoms with van der Waals surface area (Å²) in [6, 6.07) is 13.4. The van der Waals surface area contributed by atoms with Crippen molar-refractivity contribution in [2.24, 2.45) is 0 Å². The second kappa shape index (κ2) is 9.60. The number of nitrogens with one attached hydrogen (secondary N) is 1. The molecule has 1 unspecified atom stereocenters. The van der Waals surface area contributed by atoms with Gasteiger partial charge in [-0.05, 0) is 42.0 Å². The Balaban J connectivity index is 1.83. The summed E-state index contributed by atoms with van der Waals surface area (Å²) in [5, 5.41) is 2.69. The van der Waals surface area contributed by atoms with Crippen molar-refractivity contribution in [2.75, 3.05) is 14.2 Å². The molecule has 0 radical (unpaired) electrons. The van der Waals surface area contributed by atoms with Gasteiger partial charge in [0.1, 0.15) is 5.82 Å². The van der Waals surface area contributed by atoms with Crippen molar-refractivity contribution < 1.29 is 32.6 Å². The van der Waals surface area contributed by atoms with Gasteiger partial charge < -0.3 is 23.9 Å². The number of hydrogen-bond acceptors (Lipinski definition) is 6. The lowest BCUT2D eigenvalue weighted by Crippen LogP contribution is -2.31. The Hall–Kier alpha value is -3.81. The maximum atomic E-state index is 13.1. The molecule has 2 aromatic carbocycles. The van der Waals surface area contributed by atoms with Crippen LogP contribution < -0.4 is 14.8 Å². The van der Waals surface area contributed by atoms with E-state index < -0.39 is 18.0 Å². The first-order valence-electron chi connectivity index (χ1n) is 9.00. The maximum Gasteiger partial charge on any atom is 0.375 e. The van der Waals surface area contributed by atoms with Gasteiger partial charge in [0.05, 0.1) is 20.5 Å². The Labute approximate surface area is 172 Å². The van der Waals surface area contributed by atoms with Crippen LogP contribution in [0.1, 0.15) is 27.8 Å². The van der Waals surface area contributed by atoms with Gasteiger partial charge in [0.15, 0.2) is 11.5 Å². The number of methoxy groups -OCH3 is 2. The number of benzene rings is 2. The molecule has 156 valence electrons. The molecule has 1 aromatic heterocycles. The second-order valence-electron chi connectivity index (χ2n) is 6.22. The quantitative estimate of drug-likeness (QED) is 0.568. The van der Waals surface area contributed by atoms with Crippen LogP contribution in [0.4, 0.5) is 4.39 Å². The number of hydrogen-bond donors (Lipinski definition) is 1. The van der Waals surface area contributed by atoms with Crippen LogP contribution in [-0.4, -0.2) is 26.1 Å². The largest absolute Gasteiger partial charge is 0.493 e. The topological polar surface area (TPSA) is 87.0 Å². The molecular weight excluding hydrogens is 393 g/mol. The van der Waals surface area contributed by atoms with Crippen LogP contribution in [0.3, 0.4) is 0 Å². The fourth-order valence-electron chi connectivity index (χ4n) is 2.73. The zero-order valence-corrected chi connectivity index (χ0v) is 16.4. The molecule has 3 rings (SSSR count). The normalized spacial score (nSPS) is 11.4. The van der Waals surface area contributed by atoms with Crippen LogP contribution in [-0.2, 0) is 16.1 Å². The summed E-state index contributed by atoms with van der Waals surface area (Å²) in [6.07, 6.45) is 0.0548. The van der Waals surface area contributed by atoms with E-state index in [9.17, 15) is 14.0 Å². The van der Waals surface area contributed by atoms with E-state index in [1.807, 2.05) is 0 Å². The summed E-state index contributed by atoms with van der Waals surface area (Å²) in [5.74, 6) is -0.930. The van der Waals surface area contributed by atoms with Gasteiger partial charge in [0.2, 0.25) is 11.9 Å². The smallest absolute Gasteiger partial charge is 0.375 e. The third kappa shape index (κ3) is 4.96. The molecule has 0 aliphatic carbocycles. The van der Waals surface area contributed by atoms with Gasteiger partial charge in [0, 0.05) is 12.1 Å². The van der Waals surface area contributed by atoms with Gasteiger partial charge >= 0.3 is 5.97 Å². The van der Waals surface area contributed by atoms with Crippen LogP contribution in [0.25, 0.3) is 0 Å². The van der Waals surface area contributed by atoms with E-state index in [2.05, 4.69) is 5.32 Å². The average Bonchev–Trinajstić information content (AvgIpc) is 3.31. The number of amides is 1. The zero-order valence-electron chi connectivity index (χ0n) is 16.4. The third-order valence-electron chi connectivity index (χ3n) is 4.28. The highest BCUT2D eigenvalue weighted by atomic mass is 19.1. The number of carbonyl (C=O) groups excluding carboxylic acids is 2. The first-order valence-corrected chi connectivity index (χ1v) is 9.00. The van der Waals surface area contributed by atoms with Crippen molar-refractivity contribution in [3.63, 3.8) is 0 Å². The van der Waals surface area contributed by atoms with E-state index in [4.69, 9.17) is 18.6 Å². The highest BCUT2D eigenvalue weighted by Gasteiger charge is 2.27. The Morgan fingerprint density at radius 1 is 1.03 bits per heavy atom. The summed E-state index contributed by atoms with van der Waals surface area (Å²) in [6.45, 7) is 0.126. The average molecular weight is 413 g/mol. The summed E-state index contributed by atoms with van der Waals surface area (Å²) in [5.41, 5.74) is 1.07. The number of rotatable bonds is 8. The summed E-state index contributed by atoms with van der Waals surface area (Å²) in [4.78, 5) is 25.3. The van der Waals surface area contributed by atoms with Gasteiger partial charge in [-0.25, -0.2) is 9.18 Å². The summed E-state index contributed by atoms with van der Waals surface area (Å²) in [7, 11) is 2.95. The fraction of sp³-hybridized carbons (Fsp3) is 0.182. The molecule has 30 heavy (non-hydrogen) atoms. The van der Waals surface area contributed by atoms with E-state index in [-0.39, 0.29) is 18.1 Å². The molecule has 0 spiro atoms. The van der Waals surface area contributed by atoms with E-state index in [0.717, 1.165) is 0 Å². The molecular formula is C22H20FNO6. The summed E-state index contributed by atoms with van der Waals surface area (Å²) >= 11 is 0. The van der Waals surface area contributed by atoms with E-state index >= 15 is 0 Å². The van der Waals surface area contributed by atoms with E-state index in [1.54, 1.807) is 30.3 Å². The molecule has 7 nitrogen and oxygen atoms in total. The van der Waals surface area contributed by atoms with Crippen molar-refractivity contribution in [2.45, 2.75) is 12.6 Å². The van der Waals surface area contributed by atoms with Crippen molar-refractivity contribution >= 4 is 11.9 Å². The van der Waals surface area contributed by atoms with Crippen LogP contribution in [0.5, 0.6) is 11.5 Å². The number of ether oxygens (including phenoxy) is 3.